The summed E-state index contributed by atoms with van der Waals surface area (Å²) in [5.41, 5.74) is -0.929. The molecule has 1 aromatic carbocycles. The quantitative estimate of drug-likeness (QED) is 0.509. The Hall–Kier alpha value is -1.83. The second-order valence-corrected chi connectivity index (χ2v) is 6.02. The number of esters is 1. The Labute approximate surface area is 131 Å². The number of hydrogen-bond donors (Lipinski definition) is 1. The van der Waals surface area contributed by atoms with Crippen LogP contribution in [0.3, 0.4) is 0 Å². The molecule has 2 atom stereocenters. The lowest BCUT2D eigenvalue weighted by Gasteiger charge is -2.25. The first kappa shape index (κ1) is 19.2. The van der Waals surface area contributed by atoms with Gasteiger partial charge in [0.25, 0.3) is 0 Å². The average molecular weight is 338 g/mol. The number of aliphatic hydroxyl groups excluding tert-OH is 1. The molecule has 0 fully saturated rings. The fraction of sp³-hybridized carbons (Fsp3) is 0.533. The van der Waals surface area contributed by atoms with Crippen molar-refractivity contribution in [3.8, 4) is 5.75 Å². The van der Waals surface area contributed by atoms with Gasteiger partial charge in [0.2, 0.25) is 11.6 Å². The molecule has 0 aliphatic carbocycles. The van der Waals surface area contributed by atoms with Crippen LogP contribution in [0.1, 0.15) is 34.1 Å². The number of hydrogen-bond acceptors (Lipinski definition) is 4. The van der Waals surface area contributed by atoms with Crippen LogP contribution in [0.15, 0.2) is 6.07 Å². The highest BCUT2D eigenvalue weighted by atomic mass is 19.2. The van der Waals surface area contributed by atoms with Gasteiger partial charge in [-0.1, -0.05) is 0 Å². The molecule has 0 spiro atoms. The summed E-state index contributed by atoms with van der Waals surface area (Å²) in [6.45, 7) is 5.95. The van der Waals surface area contributed by atoms with Crippen molar-refractivity contribution in [3.05, 3.63) is 29.3 Å². The van der Waals surface area contributed by atoms with Crippen molar-refractivity contribution < 1.29 is 36.9 Å². The molecule has 0 radical (unpaired) electrons. The van der Waals surface area contributed by atoms with E-state index in [9.17, 15) is 27.5 Å². The lowest BCUT2D eigenvalue weighted by Crippen LogP contribution is -2.37. The zero-order valence-corrected chi connectivity index (χ0v) is 13.1. The standard InChI is InChI=1S/C15H18F4O4/c1-7(20)5-10(14(21)23-15(2,3)4)22-13-11(18)8(16)6-9(17)12(13)19/h6-7,10,20H,5H2,1-4H3. The van der Waals surface area contributed by atoms with Gasteiger partial charge >= 0.3 is 5.97 Å². The highest BCUT2D eigenvalue weighted by Crippen LogP contribution is 2.28. The zero-order valence-electron chi connectivity index (χ0n) is 13.1. The van der Waals surface area contributed by atoms with E-state index in [-0.39, 0.29) is 12.5 Å². The van der Waals surface area contributed by atoms with E-state index in [1.807, 2.05) is 0 Å². The molecule has 1 aromatic rings. The van der Waals surface area contributed by atoms with E-state index in [0.717, 1.165) is 0 Å². The lowest BCUT2D eigenvalue weighted by molar-refractivity contribution is -0.165. The minimum absolute atomic E-state index is 0.0225. The van der Waals surface area contributed by atoms with Crippen molar-refractivity contribution in [2.24, 2.45) is 0 Å². The monoisotopic (exact) mass is 338 g/mol. The van der Waals surface area contributed by atoms with Crippen LogP contribution >= 0.6 is 0 Å². The Morgan fingerprint density at radius 3 is 2.04 bits per heavy atom. The third-order valence-corrected chi connectivity index (χ3v) is 2.56. The third kappa shape index (κ3) is 5.38. The Balaban J connectivity index is 3.14. The van der Waals surface area contributed by atoms with Crippen LogP contribution in [0.2, 0.25) is 0 Å². The normalized spacial score (nSPS) is 14.3. The summed E-state index contributed by atoms with van der Waals surface area (Å²) < 4.78 is 63.4. The van der Waals surface area contributed by atoms with E-state index in [2.05, 4.69) is 0 Å². The Morgan fingerprint density at radius 1 is 1.17 bits per heavy atom. The van der Waals surface area contributed by atoms with Crippen molar-refractivity contribution in [1.82, 2.24) is 0 Å². The van der Waals surface area contributed by atoms with Crippen LogP contribution in [0.25, 0.3) is 0 Å². The van der Waals surface area contributed by atoms with E-state index in [4.69, 9.17) is 9.47 Å². The van der Waals surface area contributed by atoms with Gasteiger partial charge in [0, 0.05) is 12.5 Å². The first-order valence-corrected chi connectivity index (χ1v) is 6.83. The predicted octanol–water partition coefficient (Wildman–Crippen LogP) is 3.10. The van der Waals surface area contributed by atoms with Gasteiger partial charge in [-0.2, -0.15) is 8.78 Å². The van der Waals surface area contributed by atoms with Gasteiger partial charge in [0.1, 0.15) is 5.60 Å². The molecule has 23 heavy (non-hydrogen) atoms. The molecule has 0 aliphatic heterocycles. The molecular weight excluding hydrogens is 320 g/mol. The number of rotatable bonds is 5. The molecule has 1 rings (SSSR count). The molecule has 0 saturated heterocycles. The molecule has 4 nitrogen and oxygen atoms in total. The van der Waals surface area contributed by atoms with Crippen molar-refractivity contribution in [2.45, 2.75) is 51.9 Å². The fourth-order valence-electron chi connectivity index (χ4n) is 1.67. The summed E-state index contributed by atoms with van der Waals surface area (Å²) in [6, 6.07) is 0.0225. The van der Waals surface area contributed by atoms with E-state index in [1.165, 1.54) is 6.92 Å². The number of ether oxygens (including phenoxy) is 2. The van der Waals surface area contributed by atoms with Crippen LogP contribution in [-0.2, 0) is 9.53 Å². The molecular formula is C15H18F4O4. The lowest BCUT2D eigenvalue weighted by atomic mass is 10.1. The van der Waals surface area contributed by atoms with Crippen LogP contribution in [0.4, 0.5) is 17.6 Å². The van der Waals surface area contributed by atoms with Gasteiger partial charge in [-0.15, -0.1) is 0 Å². The largest absolute Gasteiger partial charge is 0.472 e. The molecule has 130 valence electrons. The summed E-state index contributed by atoms with van der Waals surface area (Å²) in [5.74, 6) is -9.29. The minimum atomic E-state index is -1.77. The summed E-state index contributed by atoms with van der Waals surface area (Å²) in [6.07, 6.45) is -3.11. The van der Waals surface area contributed by atoms with Crippen LogP contribution < -0.4 is 4.74 Å². The Kier molecular flexibility index (Phi) is 5.98. The average Bonchev–Trinajstić information content (AvgIpc) is 2.37. The van der Waals surface area contributed by atoms with Crippen LogP contribution in [0, 0.1) is 23.3 Å². The molecule has 0 aromatic heterocycles. The van der Waals surface area contributed by atoms with Gasteiger partial charge in [-0.3, -0.25) is 0 Å². The van der Waals surface area contributed by atoms with Crippen molar-refractivity contribution in [3.63, 3.8) is 0 Å². The number of carbonyl (C=O) groups is 1. The SMILES string of the molecule is CC(O)CC(Oc1c(F)c(F)cc(F)c1F)C(=O)OC(C)(C)C. The first-order valence-electron chi connectivity index (χ1n) is 6.83. The van der Waals surface area contributed by atoms with E-state index >= 15 is 0 Å². The van der Waals surface area contributed by atoms with E-state index in [1.54, 1.807) is 20.8 Å². The summed E-state index contributed by atoms with van der Waals surface area (Å²) in [5, 5.41) is 9.37. The van der Waals surface area contributed by atoms with Gasteiger partial charge < -0.3 is 14.6 Å². The summed E-state index contributed by atoms with van der Waals surface area (Å²) in [4.78, 5) is 12.0. The summed E-state index contributed by atoms with van der Waals surface area (Å²) >= 11 is 0. The highest BCUT2D eigenvalue weighted by molar-refractivity contribution is 5.75. The second-order valence-electron chi connectivity index (χ2n) is 6.02. The third-order valence-electron chi connectivity index (χ3n) is 2.56. The maximum Gasteiger partial charge on any atom is 0.347 e. The van der Waals surface area contributed by atoms with Crippen LogP contribution in [0.5, 0.6) is 5.75 Å². The minimum Gasteiger partial charge on any atom is -0.472 e. The molecule has 0 heterocycles. The van der Waals surface area contributed by atoms with Crippen molar-refractivity contribution in [1.29, 1.82) is 0 Å². The van der Waals surface area contributed by atoms with Gasteiger partial charge in [-0.05, 0) is 27.7 Å². The molecule has 0 aliphatic rings. The molecule has 1 N–H and O–H groups in total. The maximum atomic E-state index is 13.6. The number of carbonyl (C=O) groups excluding carboxylic acids is 1. The smallest absolute Gasteiger partial charge is 0.347 e. The van der Waals surface area contributed by atoms with Gasteiger partial charge in [0.05, 0.1) is 6.10 Å². The predicted molar refractivity (Wildman–Crippen MR) is 72.8 cm³/mol. The Bertz CT molecular complexity index is 556. The molecule has 8 heteroatoms. The van der Waals surface area contributed by atoms with Gasteiger partial charge in [-0.25, -0.2) is 13.6 Å². The zero-order chi connectivity index (χ0) is 17.9. The molecule has 2 unspecified atom stereocenters. The topological polar surface area (TPSA) is 55.8 Å². The fourth-order valence-corrected chi connectivity index (χ4v) is 1.67. The maximum absolute atomic E-state index is 13.6. The molecule has 0 amide bonds. The summed E-state index contributed by atoms with van der Waals surface area (Å²) in [7, 11) is 0. The second kappa shape index (κ2) is 7.16. The Morgan fingerprint density at radius 2 is 1.65 bits per heavy atom. The number of benzene rings is 1. The van der Waals surface area contributed by atoms with Crippen LogP contribution in [-0.4, -0.2) is 28.9 Å². The highest BCUT2D eigenvalue weighted by Gasteiger charge is 2.31. The first-order chi connectivity index (χ1) is 10.4. The van der Waals surface area contributed by atoms with Crippen molar-refractivity contribution in [2.75, 3.05) is 0 Å². The van der Waals surface area contributed by atoms with Crippen molar-refractivity contribution >= 4 is 5.97 Å². The number of aliphatic hydroxyl groups is 1. The molecule has 0 bridgehead atoms. The van der Waals surface area contributed by atoms with Gasteiger partial charge in [0.15, 0.2) is 23.5 Å². The number of halogens is 4. The van der Waals surface area contributed by atoms with E-state index in [0.29, 0.717) is 0 Å². The van der Waals surface area contributed by atoms with E-state index < -0.39 is 52.8 Å². The molecule has 0 saturated carbocycles.